The molecular weight excluding hydrogens is 402 g/mol. The smallest absolute Gasteiger partial charge is 0.373 e. The molecular formula is C20H17F4N5O. The number of alkyl halides is 3. The van der Waals surface area contributed by atoms with E-state index in [2.05, 4.69) is 15.4 Å². The topological polar surface area (TPSA) is 63.1 Å². The predicted molar refractivity (Wildman–Crippen MR) is 103 cm³/mol. The zero-order valence-corrected chi connectivity index (χ0v) is 16.0. The zero-order chi connectivity index (χ0) is 21.6. The second-order valence-corrected chi connectivity index (χ2v) is 6.93. The third-order valence-electron chi connectivity index (χ3n) is 5.01. The van der Waals surface area contributed by atoms with Crippen LogP contribution in [0.3, 0.4) is 0 Å². The van der Waals surface area contributed by atoms with Crippen molar-refractivity contribution in [2.75, 3.05) is 23.8 Å². The molecule has 0 saturated carbocycles. The summed E-state index contributed by atoms with van der Waals surface area (Å²) in [6.45, 7) is 1.96. The first-order valence-corrected chi connectivity index (χ1v) is 9.11. The number of benzene rings is 1. The molecule has 0 saturated heterocycles. The first-order valence-electron chi connectivity index (χ1n) is 9.11. The lowest BCUT2D eigenvalue weighted by Crippen LogP contribution is -2.43. The minimum Gasteiger partial charge on any atom is -0.373 e. The van der Waals surface area contributed by atoms with Gasteiger partial charge in [0.1, 0.15) is 17.3 Å². The van der Waals surface area contributed by atoms with Gasteiger partial charge in [-0.2, -0.15) is 18.3 Å². The first-order chi connectivity index (χ1) is 14.2. The van der Waals surface area contributed by atoms with Crippen LogP contribution in [0, 0.1) is 5.82 Å². The van der Waals surface area contributed by atoms with Crippen LogP contribution in [0.1, 0.15) is 29.0 Å². The van der Waals surface area contributed by atoms with E-state index in [0.717, 1.165) is 12.1 Å². The highest BCUT2D eigenvalue weighted by Crippen LogP contribution is 2.37. The summed E-state index contributed by atoms with van der Waals surface area (Å²) in [6, 6.07) is 5.72. The predicted octanol–water partition coefficient (Wildman–Crippen LogP) is 4.37. The molecule has 2 aromatic heterocycles. The van der Waals surface area contributed by atoms with Crippen LogP contribution in [-0.2, 0) is 6.18 Å². The molecule has 0 spiro atoms. The van der Waals surface area contributed by atoms with Crippen molar-refractivity contribution in [2.24, 2.45) is 0 Å². The van der Waals surface area contributed by atoms with Crippen molar-refractivity contribution in [2.45, 2.75) is 19.1 Å². The summed E-state index contributed by atoms with van der Waals surface area (Å²) in [7, 11) is 1.70. The average molecular weight is 419 g/mol. The molecule has 0 radical (unpaired) electrons. The van der Waals surface area contributed by atoms with E-state index in [9.17, 15) is 22.4 Å². The van der Waals surface area contributed by atoms with E-state index < -0.39 is 23.5 Å². The molecule has 0 unspecified atom stereocenters. The summed E-state index contributed by atoms with van der Waals surface area (Å²) in [6.07, 6.45) is -1.65. The van der Waals surface area contributed by atoms with Crippen LogP contribution in [0.4, 0.5) is 29.1 Å². The summed E-state index contributed by atoms with van der Waals surface area (Å²) in [5.41, 5.74) is 0.126. The second kappa shape index (κ2) is 7.12. The molecule has 0 aliphatic carbocycles. The van der Waals surface area contributed by atoms with Gasteiger partial charge in [0.25, 0.3) is 5.91 Å². The van der Waals surface area contributed by atoms with Gasteiger partial charge in [-0.05, 0) is 37.3 Å². The van der Waals surface area contributed by atoms with Crippen molar-refractivity contribution in [1.82, 2.24) is 14.8 Å². The van der Waals surface area contributed by atoms with E-state index >= 15 is 0 Å². The third kappa shape index (κ3) is 3.17. The molecule has 10 heteroatoms. The largest absolute Gasteiger partial charge is 0.419 e. The molecule has 1 aliphatic heterocycles. The molecule has 1 atom stereocenters. The van der Waals surface area contributed by atoms with Gasteiger partial charge in [0.15, 0.2) is 0 Å². The van der Waals surface area contributed by atoms with Crippen LogP contribution in [0.5, 0.6) is 0 Å². The number of halogens is 4. The van der Waals surface area contributed by atoms with Gasteiger partial charge in [0, 0.05) is 36.6 Å². The maximum atomic E-state index is 14.1. The number of anilines is 2. The third-order valence-corrected chi connectivity index (χ3v) is 5.01. The van der Waals surface area contributed by atoms with Crippen molar-refractivity contribution in [1.29, 1.82) is 0 Å². The van der Waals surface area contributed by atoms with Crippen molar-refractivity contribution in [3.63, 3.8) is 0 Å². The Morgan fingerprint density at radius 1 is 1.20 bits per heavy atom. The van der Waals surface area contributed by atoms with Crippen molar-refractivity contribution in [3.8, 4) is 11.1 Å². The molecule has 3 aromatic rings. The van der Waals surface area contributed by atoms with E-state index in [1.807, 2.05) is 6.92 Å². The van der Waals surface area contributed by atoms with Crippen LogP contribution in [0.2, 0.25) is 0 Å². The number of nitrogens with zero attached hydrogens (tertiary/aromatic N) is 4. The molecule has 30 heavy (non-hydrogen) atoms. The highest BCUT2D eigenvalue weighted by Gasteiger charge is 2.37. The normalized spacial score (nSPS) is 16.5. The number of amides is 1. The van der Waals surface area contributed by atoms with Gasteiger partial charge in [-0.3, -0.25) is 9.48 Å². The highest BCUT2D eigenvalue weighted by atomic mass is 19.4. The number of nitrogens with one attached hydrogen (secondary N) is 1. The number of hydrogen-bond acceptors (Lipinski definition) is 4. The lowest BCUT2D eigenvalue weighted by atomic mass is 10.0. The van der Waals surface area contributed by atoms with Gasteiger partial charge >= 0.3 is 6.18 Å². The lowest BCUT2D eigenvalue weighted by Gasteiger charge is -2.32. The Bertz CT molecular complexity index is 1120. The minimum absolute atomic E-state index is 0.0516. The molecule has 1 amide bonds. The molecule has 1 aliphatic rings. The molecule has 0 bridgehead atoms. The van der Waals surface area contributed by atoms with E-state index in [-0.39, 0.29) is 24.0 Å². The number of rotatable bonds is 3. The summed E-state index contributed by atoms with van der Waals surface area (Å²) < 4.78 is 54.3. The molecule has 4 rings (SSSR count). The number of carbonyl (C=O) groups excluding carboxylic acids is 1. The van der Waals surface area contributed by atoms with Gasteiger partial charge < -0.3 is 10.2 Å². The minimum atomic E-state index is -4.81. The Kier molecular flexibility index (Phi) is 4.71. The van der Waals surface area contributed by atoms with Crippen molar-refractivity contribution in [3.05, 3.63) is 59.8 Å². The summed E-state index contributed by atoms with van der Waals surface area (Å²) in [4.78, 5) is 18.8. The molecule has 0 fully saturated rings. The van der Waals surface area contributed by atoms with Crippen molar-refractivity contribution < 1.29 is 22.4 Å². The van der Waals surface area contributed by atoms with Gasteiger partial charge in [-0.15, -0.1) is 0 Å². The fourth-order valence-electron chi connectivity index (χ4n) is 3.61. The van der Waals surface area contributed by atoms with E-state index in [1.165, 1.54) is 4.90 Å². The lowest BCUT2D eigenvalue weighted by molar-refractivity contribution is -0.139. The maximum absolute atomic E-state index is 14.1. The molecule has 6 nitrogen and oxygen atoms in total. The Hall–Kier alpha value is -3.43. The summed E-state index contributed by atoms with van der Waals surface area (Å²) in [5, 5.41) is 7.28. The van der Waals surface area contributed by atoms with Gasteiger partial charge in [0.2, 0.25) is 0 Å². The maximum Gasteiger partial charge on any atom is 0.419 e. The number of aromatic nitrogens is 3. The monoisotopic (exact) mass is 419 g/mol. The second-order valence-electron chi connectivity index (χ2n) is 6.93. The van der Waals surface area contributed by atoms with Crippen molar-refractivity contribution >= 4 is 17.4 Å². The Balaban J connectivity index is 1.79. The fraction of sp³-hybridized carbons (Fsp3) is 0.250. The van der Waals surface area contributed by atoms with E-state index in [0.29, 0.717) is 23.0 Å². The highest BCUT2D eigenvalue weighted by molar-refractivity contribution is 6.10. The van der Waals surface area contributed by atoms with Gasteiger partial charge in [-0.25, -0.2) is 9.37 Å². The summed E-state index contributed by atoms with van der Waals surface area (Å²) >= 11 is 0. The van der Waals surface area contributed by atoms with Crippen LogP contribution in [0.25, 0.3) is 11.1 Å². The van der Waals surface area contributed by atoms with Crippen LogP contribution in [-0.4, -0.2) is 34.3 Å². The van der Waals surface area contributed by atoms with Gasteiger partial charge in [-0.1, -0.05) is 0 Å². The van der Waals surface area contributed by atoms with E-state index in [1.54, 1.807) is 36.3 Å². The standard InChI is InChI=1S/C20H17F4N5O/c1-11-10-28(12-5-6-15(16(21)8-12)20(22,23)24)19(30)17-14(9-27-29(11)17)13-4-3-7-26-18(13)25-2/h3-9,11H,10H2,1-2H3,(H,25,26)/t11-/m0/s1. The average Bonchev–Trinajstić information content (AvgIpc) is 3.15. The SMILES string of the molecule is CNc1ncccc1-c1cnn2c1C(=O)N(c1ccc(C(F)(F)F)c(F)c1)C[C@@H]2C. The number of fused-ring (bicyclic) bond motifs is 1. The van der Waals surface area contributed by atoms with Crippen LogP contribution < -0.4 is 10.2 Å². The Morgan fingerprint density at radius 2 is 1.97 bits per heavy atom. The number of carbonyl (C=O) groups is 1. The molecule has 1 N–H and O–H groups in total. The molecule has 3 heterocycles. The zero-order valence-electron chi connectivity index (χ0n) is 16.0. The van der Waals surface area contributed by atoms with Crippen LogP contribution in [0.15, 0.2) is 42.7 Å². The number of pyridine rings is 1. The fourth-order valence-corrected chi connectivity index (χ4v) is 3.61. The number of hydrogen-bond donors (Lipinski definition) is 1. The van der Waals surface area contributed by atoms with Gasteiger partial charge in [0.05, 0.1) is 17.8 Å². The summed E-state index contributed by atoms with van der Waals surface area (Å²) in [5.74, 6) is -1.36. The Morgan fingerprint density at radius 3 is 2.63 bits per heavy atom. The quantitative estimate of drug-likeness (QED) is 0.641. The Labute approximate surface area is 169 Å². The van der Waals surface area contributed by atoms with Crippen LogP contribution >= 0.6 is 0 Å². The first kappa shape index (κ1) is 19.9. The van der Waals surface area contributed by atoms with E-state index in [4.69, 9.17) is 0 Å². The molecule has 1 aromatic carbocycles. The molecule has 156 valence electrons.